The highest BCUT2D eigenvalue weighted by Crippen LogP contribution is 2.23. The lowest BCUT2D eigenvalue weighted by atomic mass is 9.89. The van der Waals surface area contributed by atoms with Crippen molar-refractivity contribution in [1.29, 1.82) is 0 Å². The summed E-state index contributed by atoms with van der Waals surface area (Å²) in [6.45, 7) is 5.47. The van der Waals surface area contributed by atoms with E-state index in [1.807, 2.05) is 0 Å². The first-order valence-corrected chi connectivity index (χ1v) is 6.85. The second kappa shape index (κ2) is 7.75. The van der Waals surface area contributed by atoms with E-state index < -0.39 is 12.4 Å². The molecule has 0 radical (unpaired) electrons. The summed E-state index contributed by atoms with van der Waals surface area (Å²) in [4.78, 5) is 12.9. The highest BCUT2D eigenvalue weighted by Gasteiger charge is 2.28. The zero-order valence-electron chi connectivity index (χ0n) is 11.6. The van der Waals surface area contributed by atoms with Crippen LogP contribution in [0, 0.1) is 5.92 Å². The number of aliphatic carboxylic acids is 1. The fourth-order valence-corrected chi connectivity index (χ4v) is 2.60. The molecule has 0 saturated carbocycles. The molecule has 0 aliphatic carbocycles. The number of hydrogen-bond donors (Lipinski definition) is 2. The lowest BCUT2D eigenvalue weighted by molar-refractivity contribution is -0.137. The van der Waals surface area contributed by atoms with Crippen molar-refractivity contribution in [2.24, 2.45) is 5.92 Å². The molecule has 0 aromatic heterocycles. The second-order valence-electron chi connectivity index (χ2n) is 5.58. The summed E-state index contributed by atoms with van der Waals surface area (Å²) in [7, 11) is 0. The first kappa shape index (κ1) is 16.3. The molecule has 0 aromatic carbocycles. The molecule has 1 heterocycles. The van der Waals surface area contributed by atoms with Gasteiger partial charge < -0.3 is 10.4 Å². The van der Waals surface area contributed by atoms with Crippen molar-refractivity contribution in [2.45, 2.75) is 51.6 Å². The Labute approximate surface area is 113 Å². The maximum atomic E-state index is 12.2. The molecule has 0 spiro atoms. The van der Waals surface area contributed by atoms with Crippen LogP contribution in [0.2, 0.25) is 0 Å². The Kier molecular flexibility index (Phi) is 6.65. The van der Waals surface area contributed by atoms with Crippen molar-refractivity contribution in [2.75, 3.05) is 19.6 Å². The van der Waals surface area contributed by atoms with Crippen LogP contribution in [0.4, 0.5) is 8.78 Å². The van der Waals surface area contributed by atoms with Crippen LogP contribution in [0.5, 0.6) is 0 Å². The number of alkyl halides is 2. The van der Waals surface area contributed by atoms with Crippen LogP contribution in [0.1, 0.15) is 33.1 Å². The number of nitrogens with zero attached hydrogens (tertiary/aromatic N) is 1. The SMILES string of the molecule is CC(C)N1CC(CCC(=O)O)CC(NCC(F)F)C1. The average molecular weight is 278 g/mol. The van der Waals surface area contributed by atoms with Crippen LogP contribution in [0.3, 0.4) is 0 Å². The molecule has 0 bridgehead atoms. The zero-order chi connectivity index (χ0) is 14.4. The highest BCUT2D eigenvalue weighted by atomic mass is 19.3. The van der Waals surface area contributed by atoms with Gasteiger partial charge >= 0.3 is 5.97 Å². The number of rotatable bonds is 7. The van der Waals surface area contributed by atoms with Crippen molar-refractivity contribution in [3.63, 3.8) is 0 Å². The molecule has 1 rings (SSSR count). The number of nitrogens with one attached hydrogen (secondary N) is 1. The van der Waals surface area contributed by atoms with Crippen molar-refractivity contribution in [3.05, 3.63) is 0 Å². The van der Waals surface area contributed by atoms with Crippen molar-refractivity contribution in [1.82, 2.24) is 10.2 Å². The number of halogens is 2. The Bertz CT molecular complexity index is 288. The predicted molar refractivity (Wildman–Crippen MR) is 69.5 cm³/mol. The molecular weight excluding hydrogens is 254 g/mol. The largest absolute Gasteiger partial charge is 0.481 e. The van der Waals surface area contributed by atoms with Gasteiger partial charge in [0.2, 0.25) is 0 Å². The van der Waals surface area contributed by atoms with Crippen molar-refractivity contribution >= 4 is 5.97 Å². The molecule has 4 nitrogen and oxygen atoms in total. The smallest absolute Gasteiger partial charge is 0.303 e. The summed E-state index contributed by atoms with van der Waals surface area (Å²) < 4.78 is 24.5. The van der Waals surface area contributed by atoms with Crippen LogP contribution in [-0.4, -0.2) is 54.1 Å². The van der Waals surface area contributed by atoms with Gasteiger partial charge in [-0.3, -0.25) is 9.69 Å². The Morgan fingerprint density at radius 3 is 2.63 bits per heavy atom. The third kappa shape index (κ3) is 6.29. The maximum absolute atomic E-state index is 12.2. The molecule has 1 aliphatic heterocycles. The lowest BCUT2D eigenvalue weighted by Crippen LogP contribution is -2.52. The summed E-state index contributed by atoms with van der Waals surface area (Å²) in [5.41, 5.74) is 0. The Morgan fingerprint density at radius 1 is 1.42 bits per heavy atom. The monoisotopic (exact) mass is 278 g/mol. The molecule has 112 valence electrons. The van der Waals surface area contributed by atoms with Crippen LogP contribution < -0.4 is 5.32 Å². The summed E-state index contributed by atoms with van der Waals surface area (Å²) in [5.74, 6) is -0.527. The molecule has 19 heavy (non-hydrogen) atoms. The van der Waals surface area contributed by atoms with Gasteiger partial charge in [-0.05, 0) is 32.6 Å². The minimum absolute atomic E-state index is 0.0314. The Balaban J connectivity index is 2.49. The van der Waals surface area contributed by atoms with E-state index in [2.05, 4.69) is 24.1 Å². The molecule has 1 saturated heterocycles. The van der Waals surface area contributed by atoms with E-state index in [-0.39, 0.29) is 24.9 Å². The summed E-state index contributed by atoms with van der Waals surface area (Å²) in [6, 6.07) is 0.382. The quantitative estimate of drug-likeness (QED) is 0.745. The second-order valence-corrected chi connectivity index (χ2v) is 5.58. The van der Waals surface area contributed by atoms with E-state index in [0.29, 0.717) is 12.5 Å². The summed E-state index contributed by atoms with van der Waals surface area (Å²) in [6.07, 6.45) is -0.792. The van der Waals surface area contributed by atoms with Crippen LogP contribution >= 0.6 is 0 Å². The zero-order valence-corrected chi connectivity index (χ0v) is 11.6. The third-order valence-corrected chi connectivity index (χ3v) is 3.62. The fourth-order valence-electron chi connectivity index (χ4n) is 2.60. The number of carbonyl (C=O) groups is 1. The molecule has 6 heteroatoms. The third-order valence-electron chi connectivity index (χ3n) is 3.62. The number of hydrogen-bond acceptors (Lipinski definition) is 3. The minimum Gasteiger partial charge on any atom is -0.481 e. The lowest BCUT2D eigenvalue weighted by Gasteiger charge is -2.40. The molecule has 0 amide bonds. The van der Waals surface area contributed by atoms with E-state index in [0.717, 1.165) is 19.5 Å². The van der Waals surface area contributed by atoms with E-state index in [4.69, 9.17) is 5.11 Å². The molecule has 2 N–H and O–H groups in total. The Morgan fingerprint density at radius 2 is 2.11 bits per heavy atom. The number of carboxylic acid groups (broad SMARTS) is 1. The molecular formula is C13H24F2N2O2. The van der Waals surface area contributed by atoms with E-state index in [1.165, 1.54) is 0 Å². The van der Waals surface area contributed by atoms with Crippen LogP contribution in [0.25, 0.3) is 0 Å². The molecule has 0 aromatic rings. The summed E-state index contributed by atoms with van der Waals surface area (Å²) >= 11 is 0. The van der Waals surface area contributed by atoms with Gasteiger partial charge in [0.15, 0.2) is 0 Å². The van der Waals surface area contributed by atoms with Gasteiger partial charge in [-0.2, -0.15) is 0 Å². The number of likely N-dealkylation sites (tertiary alicyclic amines) is 1. The summed E-state index contributed by atoms with van der Waals surface area (Å²) in [5, 5.41) is 11.6. The number of piperidine rings is 1. The first-order valence-electron chi connectivity index (χ1n) is 6.85. The van der Waals surface area contributed by atoms with Crippen molar-refractivity contribution < 1.29 is 18.7 Å². The minimum atomic E-state index is -2.34. The van der Waals surface area contributed by atoms with Gasteiger partial charge in [0.05, 0.1) is 6.54 Å². The normalized spacial score (nSPS) is 25.2. The standard InChI is InChI=1S/C13H24F2N2O2/c1-9(2)17-7-10(3-4-13(18)19)5-11(8-17)16-6-12(14)15/h9-12,16H,3-8H2,1-2H3,(H,18,19). The van der Waals surface area contributed by atoms with Gasteiger partial charge in [-0.25, -0.2) is 8.78 Å². The van der Waals surface area contributed by atoms with Gasteiger partial charge in [-0.1, -0.05) is 0 Å². The maximum Gasteiger partial charge on any atom is 0.303 e. The number of carboxylic acids is 1. The van der Waals surface area contributed by atoms with E-state index in [1.54, 1.807) is 0 Å². The van der Waals surface area contributed by atoms with Crippen LogP contribution in [0.15, 0.2) is 0 Å². The molecule has 2 unspecified atom stereocenters. The van der Waals surface area contributed by atoms with Gasteiger partial charge in [0, 0.05) is 31.6 Å². The topological polar surface area (TPSA) is 52.6 Å². The molecule has 1 fully saturated rings. The molecule has 2 atom stereocenters. The Hall–Kier alpha value is -0.750. The predicted octanol–water partition coefficient (Wildman–Crippen LogP) is 1.80. The van der Waals surface area contributed by atoms with Gasteiger partial charge in [0.25, 0.3) is 6.43 Å². The van der Waals surface area contributed by atoms with Crippen LogP contribution in [-0.2, 0) is 4.79 Å². The van der Waals surface area contributed by atoms with Gasteiger partial charge in [0.1, 0.15) is 0 Å². The van der Waals surface area contributed by atoms with Crippen molar-refractivity contribution in [3.8, 4) is 0 Å². The fraction of sp³-hybridized carbons (Fsp3) is 0.923. The molecule has 1 aliphatic rings. The van der Waals surface area contributed by atoms with E-state index >= 15 is 0 Å². The first-order chi connectivity index (χ1) is 8.88. The highest BCUT2D eigenvalue weighted by molar-refractivity contribution is 5.66. The van der Waals surface area contributed by atoms with E-state index in [9.17, 15) is 13.6 Å². The van der Waals surface area contributed by atoms with Gasteiger partial charge in [-0.15, -0.1) is 0 Å². The average Bonchev–Trinajstić information content (AvgIpc) is 2.33.